The largest absolute Gasteiger partial charge is 0.367 e. The van der Waals surface area contributed by atoms with E-state index in [0.717, 1.165) is 6.61 Å². The van der Waals surface area contributed by atoms with Crippen molar-refractivity contribution >= 4 is 11.3 Å². The van der Waals surface area contributed by atoms with E-state index in [9.17, 15) is 0 Å². The third-order valence-corrected chi connectivity index (χ3v) is 3.75. The molecule has 1 aromatic rings. The molecule has 0 unspecified atom stereocenters. The lowest BCUT2D eigenvalue weighted by atomic mass is 10.2. The first-order valence-corrected chi connectivity index (χ1v) is 4.98. The van der Waals surface area contributed by atoms with E-state index >= 15 is 0 Å². The predicted molar refractivity (Wildman–Crippen MR) is 45.0 cm³/mol. The van der Waals surface area contributed by atoms with Crippen LogP contribution in [0.4, 0.5) is 0 Å². The van der Waals surface area contributed by atoms with Gasteiger partial charge >= 0.3 is 0 Å². The van der Waals surface area contributed by atoms with E-state index in [0.29, 0.717) is 6.10 Å². The van der Waals surface area contributed by atoms with Crippen LogP contribution in [0.1, 0.15) is 27.8 Å². The summed E-state index contributed by atoms with van der Waals surface area (Å²) in [5.74, 6) is 0. The quantitative estimate of drug-likeness (QED) is 0.583. The van der Waals surface area contributed by atoms with Crippen molar-refractivity contribution in [2.75, 3.05) is 6.61 Å². The number of epoxide rings is 1. The summed E-state index contributed by atoms with van der Waals surface area (Å²) in [4.78, 5) is 3.09. The van der Waals surface area contributed by atoms with Gasteiger partial charge in [0.2, 0.25) is 0 Å². The number of rotatable bonds is 1. The molecule has 1 fully saturated rings. The molecule has 0 amide bonds. The highest BCUT2D eigenvalue weighted by molar-refractivity contribution is 7.12. The Morgan fingerprint density at radius 3 is 3.09 bits per heavy atom. The molecule has 0 N–H and O–H groups in total. The first-order valence-electron chi connectivity index (χ1n) is 4.16. The maximum atomic E-state index is 5.24. The fourth-order valence-corrected chi connectivity index (χ4v) is 3.01. The smallest absolute Gasteiger partial charge is 0.115 e. The summed E-state index contributed by atoms with van der Waals surface area (Å²) in [7, 11) is 0. The Morgan fingerprint density at radius 2 is 2.36 bits per heavy atom. The summed E-state index contributed by atoms with van der Waals surface area (Å²) in [6, 6.07) is 2.35. The number of thiophene rings is 1. The number of fused-ring (bicyclic) bond motifs is 1. The topological polar surface area (TPSA) is 12.5 Å². The van der Waals surface area contributed by atoms with E-state index in [2.05, 4.69) is 6.07 Å². The van der Waals surface area contributed by atoms with Crippen LogP contribution in [0, 0.1) is 0 Å². The third kappa shape index (κ3) is 0.932. The van der Waals surface area contributed by atoms with Crippen LogP contribution in [0.5, 0.6) is 0 Å². The van der Waals surface area contributed by atoms with Gasteiger partial charge in [0, 0.05) is 9.75 Å². The molecule has 1 nitrogen and oxygen atoms in total. The summed E-state index contributed by atoms with van der Waals surface area (Å²) < 4.78 is 5.24. The predicted octanol–water partition coefficient (Wildman–Crippen LogP) is 2.31. The number of hydrogen-bond acceptors (Lipinski definition) is 2. The SMILES string of the molecule is c1c([C@@H]2CO2)sc2c1CCC2. The number of hydrogen-bond donors (Lipinski definition) is 0. The van der Waals surface area contributed by atoms with Crippen molar-refractivity contribution < 1.29 is 4.74 Å². The van der Waals surface area contributed by atoms with Crippen molar-refractivity contribution in [3.63, 3.8) is 0 Å². The third-order valence-electron chi connectivity index (χ3n) is 2.42. The second-order valence-electron chi connectivity index (χ2n) is 3.27. The Morgan fingerprint density at radius 1 is 1.45 bits per heavy atom. The molecule has 2 heteroatoms. The zero-order chi connectivity index (χ0) is 7.26. The van der Waals surface area contributed by atoms with Crippen LogP contribution < -0.4 is 0 Å². The second kappa shape index (κ2) is 2.08. The standard InChI is InChI=1S/C9H10OS/c1-2-6-4-9(7-5-10-7)11-8(6)3-1/h4,7H,1-3,5H2/t7-/m0/s1. The molecule has 1 aliphatic heterocycles. The van der Waals surface area contributed by atoms with Gasteiger partial charge in [-0.1, -0.05) is 0 Å². The van der Waals surface area contributed by atoms with Crippen LogP contribution in [-0.2, 0) is 17.6 Å². The Labute approximate surface area is 70.0 Å². The highest BCUT2D eigenvalue weighted by atomic mass is 32.1. The van der Waals surface area contributed by atoms with Crippen LogP contribution >= 0.6 is 11.3 Å². The molecule has 2 heterocycles. The highest BCUT2D eigenvalue weighted by Gasteiger charge is 2.28. The fraction of sp³-hybridized carbons (Fsp3) is 0.556. The van der Waals surface area contributed by atoms with Crippen LogP contribution in [0.3, 0.4) is 0 Å². The van der Waals surface area contributed by atoms with Gasteiger partial charge in [0.25, 0.3) is 0 Å². The van der Waals surface area contributed by atoms with Crippen LogP contribution in [0.15, 0.2) is 6.07 Å². The lowest BCUT2D eigenvalue weighted by Crippen LogP contribution is -1.73. The average Bonchev–Trinajstić information content (AvgIpc) is 2.60. The zero-order valence-electron chi connectivity index (χ0n) is 6.30. The van der Waals surface area contributed by atoms with Crippen molar-refractivity contribution in [2.24, 2.45) is 0 Å². The van der Waals surface area contributed by atoms with Gasteiger partial charge < -0.3 is 4.74 Å². The lowest BCUT2D eigenvalue weighted by Gasteiger charge is -1.86. The molecular formula is C9H10OS. The molecule has 2 aliphatic rings. The molecule has 1 aromatic heterocycles. The Bertz CT molecular complexity index is 264. The van der Waals surface area contributed by atoms with E-state index in [1.54, 1.807) is 10.4 Å². The van der Waals surface area contributed by atoms with Gasteiger partial charge in [-0.3, -0.25) is 0 Å². The van der Waals surface area contributed by atoms with Gasteiger partial charge in [-0.2, -0.15) is 0 Å². The molecular weight excluding hydrogens is 156 g/mol. The van der Waals surface area contributed by atoms with Gasteiger partial charge in [-0.05, 0) is 30.9 Å². The first kappa shape index (κ1) is 6.21. The fourth-order valence-electron chi connectivity index (χ4n) is 1.72. The monoisotopic (exact) mass is 166 g/mol. The van der Waals surface area contributed by atoms with Crippen molar-refractivity contribution in [1.82, 2.24) is 0 Å². The molecule has 1 aliphatic carbocycles. The number of aryl methyl sites for hydroxylation is 2. The van der Waals surface area contributed by atoms with E-state index < -0.39 is 0 Å². The van der Waals surface area contributed by atoms with Crippen LogP contribution in [0.2, 0.25) is 0 Å². The Balaban J connectivity index is 2.02. The van der Waals surface area contributed by atoms with E-state index in [4.69, 9.17) is 4.74 Å². The summed E-state index contributed by atoms with van der Waals surface area (Å²) >= 11 is 1.97. The molecule has 0 aromatic carbocycles. The van der Waals surface area contributed by atoms with Crippen molar-refractivity contribution in [3.05, 3.63) is 21.4 Å². The minimum Gasteiger partial charge on any atom is -0.367 e. The first-order chi connectivity index (χ1) is 5.43. The van der Waals surface area contributed by atoms with Gasteiger partial charge in [0.15, 0.2) is 0 Å². The number of ether oxygens (including phenoxy) is 1. The lowest BCUT2D eigenvalue weighted by molar-refractivity contribution is 0.418. The van der Waals surface area contributed by atoms with Crippen LogP contribution in [-0.4, -0.2) is 6.61 Å². The Kier molecular flexibility index (Phi) is 1.17. The maximum Gasteiger partial charge on any atom is 0.115 e. The zero-order valence-corrected chi connectivity index (χ0v) is 7.12. The molecule has 11 heavy (non-hydrogen) atoms. The summed E-state index contributed by atoms with van der Waals surface area (Å²) in [6.45, 7) is 0.958. The molecule has 0 bridgehead atoms. The van der Waals surface area contributed by atoms with Crippen molar-refractivity contribution in [3.8, 4) is 0 Å². The second-order valence-corrected chi connectivity index (χ2v) is 4.44. The minimum atomic E-state index is 0.477. The summed E-state index contributed by atoms with van der Waals surface area (Å²) in [5, 5.41) is 0. The molecule has 1 atom stereocenters. The molecule has 3 rings (SSSR count). The summed E-state index contributed by atoms with van der Waals surface area (Å²) in [6.07, 6.45) is 4.46. The molecule has 0 radical (unpaired) electrons. The van der Waals surface area contributed by atoms with Crippen LogP contribution in [0.25, 0.3) is 0 Å². The van der Waals surface area contributed by atoms with Gasteiger partial charge in [0.05, 0.1) is 6.61 Å². The van der Waals surface area contributed by atoms with Crippen molar-refractivity contribution in [2.45, 2.75) is 25.4 Å². The highest BCUT2D eigenvalue weighted by Crippen LogP contribution is 2.39. The molecule has 1 saturated heterocycles. The van der Waals surface area contributed by atoms with E-state index in [1.165, 1.54) is 24.1 Å². The molecule has 58 valence electrons. The molecule has 0 saturated carbocycles. The normalized spacial score (nSPS) is 27.1. The maximum absolute atomic E-state index is 5.24. The molecule has 0 spiro atoms. The summed E-state index contributed by atoms with van der Waals surface area (Å²) in [5.41, 5.74) is 1.60. The minimum absolute atomic E-state index is 0.477. The van der Waals surface area contributed by atoms with Gasteiger partial charge in [0.1, 0.15) is 6.10 Å². The van der Waals surface area contributed by atoms with Gasteiger partial charge in [-0.15, -0.1) is 11.3 Å². The van der Waals surface area contributed by atoms with Crippen molar-refractivity contribution in [1.29, 1.82) is 0 Å². The average molecular weight is 166 g/mol. The Hall–Kier alpha value is -0.340. The van der Waals surface area contributed by atoms with Gasteiger partial charge in [-0.25, -0.2) is 0 Å². The van der Waals surface area contributed by atoms with E-state index in [-0.39, 0.29) is 0 Å². The van der Waals surface area contributed by atoms with E-state index in [1.807, 2.05) is 11.3 Å².